The lowest BCUT2D eigenvalue weighted by Gasteiger charge is -2.28. The summed E-state index contributed by atoms with van der Waals surface area (Å²) < 4.78 is 0. The molecule has 1 aromatic carbocycles. The molecule has 1 aliphatic carbocycles. The number of rotatable bonds is 3. The number of carbonyl (C=O) groups is 1. The molecule has 1 aliphatic rings. The Morgan fingerprint density at radius 3 is 2.26 bits per heavy atom. The summed E-state index contributed by atoms with van der Waals surface area (Å²) in [5, 5.41) is 0. The Labute approximate surface area is 114 Å². The Kier molecular flexibility index (Phi) is 4.59. The van der Waals surface area contributed by atoms with Crippen LogP contribution in [0.15, 0.2) is 24.3 Å². The van der Waals surface area contributed by atoms with Crippen LogP contribution in [-0.2, 0) is 9.78 Å². The number of aryl methyl sites for hydroxylation is 1. The van der Waals surface area contributed by atoms with Gasteiger partial charge in [-0.2, -0.15) is 4.89 Å². The van der Waals surface area contributed by atoms with E-state index in [2.05, 4.69) is 13.8 Å². The zero-order valence-corrected chi connectivity index (χ0v) is 11.8. The lowest BCUT2D eigenvalue weighted by Crippen LogP contribution is -2.21. The second-order valence-corrected chi connectivity index (χ2v) is 5.71. The summed E-state index contributed by atoms with van der Waals surface area (Å²) in [7, 11) is 0. The van der Waals surface area contributed by atoms with Crippen LogP contribution < -0.4 is 0 Å². The van der Waals surface area contributed by atoms with Crippen LogP contribution in [0.3, 0.4) is 0 Å². The SMILES string of the molecule is Cc1ccc(C(=O)OO[C]2CC(C)CC(C)C2)cc1. The highest BCUT2D eigenvalue weighted by Gasteiger charge is 2.27. The lowest BCUT2D eigenvalue weighted by molar-refractivity contribution is -0.242. The predicted molar refractivity (Wildman–Crippen MR) is 73.1 cm³/mol. The third kappa shape index (κ3) is 4.06. The van der Waals surface area contributed by atoms with E-state index in [1.807, 2.05) is 19.1 Å². The van der Waals surface area contributed by atoms with Gasteiger partial charge in [-0.05, 0) is 50.2 Å². The molecule has 2 atom stereocenters. The van der Waals surface area contributed by atoms with Gasteiger partial charge in [-0.3, -0.25) is 4.89 Å². The smallest absolute Gasteiger partial charge is 0.292 e. The van der Waals surface area contributed by atoms with E-state index in [9.17, 15) is 4.79 Å². The minimum atomic E-state index is -0.432. The minimum Gasteiger partial charge on any atom is -0.292 e. The molecule has 0 aromatic heterocycles. The van der Waals surface area contributed by atoms with Gasteiger partial charge in [0.1, 0.15) is 6.10 Å². The predicted octanol–water partition coefficient (Wildman–Crippen LogP) is 4.07. The first-order valence-electron chi connectivity index (χ1n) is 6.85. The lowest BCUT2D eigenvalue weighted by atomic mass is 9.82. The van der Waals surface area contributed by atoms with Gasteiger partial charge in [-0.15, -0.1) is 0 Å². The summed E-state index contributed by atoms with van der Waals surface area (Å²) in [5.74, 6) is 0.757. The van der Waals surface area contributed by atoms with Crippen molar-refractivity contribution < 1.29 is 14.6 Å². The Morgan fingerprint density at radius 1 is 1.11 bits per heavy atom. The molecule has 103 valence electrons. The molecule has 2 unspecified atom stereocenters. The third-order valence-corrected chi connectivity index (χ3v) is 3.48. The molecular formula is C16H21O3. The highest BCUT2D eigenvalue weighted by Crippen LogP contribution is 2.35. The van der Waals surface area contributed by atoms with E-state index in [0.717, 1.165) is 24.5 Å². The maximum absolute atomic E-state index is 11.8. The average molecular weight is 261 g/mol. The van der Waals surface area contributed by atoms with Gasteiger partial charge in [0, 0.05) is 0 Å². The zero-order chi connectivity index (χ0) is 13.8. The summed E-state index contributed by atoms with van der Waals surface area (Å²) in [5.41, 5.74) is 1.63. The molecule has 0 spiro atoms. The molecule has 0 saturated heterocycles. The molecule has 0 aliphatic heterocycles. The molecule has 1 fully saturated rings. The summed E-state index contributed by atoms with van der Waals surface area (Å²) in [6.45, 7) is 6.37. The van der Waals surface area contributed by atoms with Crippen molar-refractivity contribution in [2.24, 2.45) is 11.8 Å². The summed E-state index contributed by atoms with van der Waals surface area (Å²) in [6, 6.07) is 7.26. The fraction of sp³-hybridized carbons (Fsp3) is 0.500. The molecule has 0 heterocycles. The van der Waals surface area contributed by atoms with E-state index in [1.54, 1.807) is 12.1 Å². The van der Waals surface area contributed by atoms with Crippen LogP contribution in [0.25, 0.3) is 0 Å². The quantitative estimate of drug-likeness (QED) is 0.607. The molecule has 3 nitrogen and oxygen atoms in total. The minimum absolute atomic E-state index is 0.432. The molecule has 0 N–H and O–H groups in total. The molecule has 1 aromatic rings. The number of benzene rings is 1. The van der Waals surface area contributed by atoms with Gasteiger partial charge in [0.25, 0.3) is 0 Å². The Balaban J connectivity index is 1.84. The molecule has 1 radical (unpaired) electrons. The normalized spacial score (nSPS) is 24.2. The molecular weight excluding hydrogens is 240 g/mol. The largest absolute Gasteiger partial charge is 0.373 e. The van der Waals surface area contributed by atoms with Crippen molar-refractivity contribution in [2.75, 3.05) is 0 Å². The molecule has 0 bridgehead atoms. The van der Waals surface area contributed by atoms with Crippen LogP contribution in [0.5, 0.6) is 0 Å². The standard InChI is InChI=1S/C16H21O3/c1-11-4-6-14(7-5-11)16(17)19-18-15-9-12(2)8-13(3)10-15/h4-7,12-13H,8-10H2,1-3H3. The molecule has 2 rings (SSSR count). The van der Waals surface area contributed by atoms with Crippen LogP contribution in [0, 0.1) is 24.9 Å². The fourth-order valence-electron chi connectivity index (χ4n) is 2.62. The van der Waals surface area contributed by atoms with E-state index < -0.39 is 5.97 Å². The van der Waals surface area contributed by atoms with Crippen molar-refractivity contribution in [3.05, 3.63) is 41.5 Å². The Morgan fingerprint density at radius 2 is 1.68 bits per heavy atom. The first-order chi connectivity index (χ1) is 9.04. The zero-order valence-electron chi connectivity index (χ0n) is 11.8. The number of hydrogen-bond acceptors (Lipinski definition) is 3. The van der Waals surface area contributed by atoms with Gasteiger partial charge in [0.15, 0.2) is 0 Å². The van der Waals surface area contributed by atoms with Gasteiger partial charge < -0.3 is 0 Å². The van der Waals surface area contributed by atoms with Crippen LogP contribution in [0.1, 0.15) is 49.0 Å². The van der Waals surface area contributed by atoms with E-state index >= 15 is 0 Å². The summed E-state index contributed by atoms with van der Waals surface area (Å²) >= 11 is 0. The van der Waals surface area contributed by atoms with Gasteiger partial charge in [-0.1, -0.05) is 31.5 Å². The van der Waals surface area contributed by atoms with Crippen LogP contribution >= 0.6 is 0 Å². The average Bonchev–Trinajstić information content (AvgIpc) is 2.36. The van der Waals surface area contributed by atoms with E-state index in [-0.39, 0.29) is 0 Å². The third-order valence-electron chi connectivity index (χ3n) is 3.48. The second-order valence-electron chi connectivity index (χ2n) is 5.71. The van der Waals surface area contributed by atoms with Crippen molar-refractivity contribution in [1.82, 2.24) is 0 Å². The summed E-state index contributed by atoms with van der Waals surface area (Å²) in [4.78, 5) is 22.0. The molecule has 0 amide bonds. The highest BCUT2D eigenvalue weighted by atomic mass is 17.2. The monoisotopic (exact) mass is 261 g/mol. The maximum atomic E-state index is 11.8. The van der Waals surface area contributed by atoms with Gasteiger partial charge in [-0.25, -0.2) is 4.79 Å². The number of hydrogen-bond donors (Lipinski definition) is 0. The van der Waals surface area contributed by atoms with E-state index in [0.29, 0.717) is 17.4 Å². The first-order valence-corrected chi connectivity index (χ1v) is 6.85. The molecule has 1 saturated carbocycles. The van der Waals surface area contributed by atoms with Crippen LogP contribution in [-0.4, -0.2) is 5.97 Å². The fourth-order valence-corrected chi connectivity index (χ4v) is 2.62. The highest BCUT2D eigenvalue weighted by molar-refractivity contribution is 5.88. The molecule has 19 heavy (non-hydrogen) atoms. The van der Waals surface area contributed by atoms with Crippen LogP contribution in [0.2, 0.25) is 0 Å². The van der Waals surface area contributed by atoms with Gasteiger partial charge >= 0.3 is 5.97 Å². The van der Waals surface area contributed by atoms with Gasteiger partial charge in [0.05, 0.1) is 5.56 Å². The second kappa shape index (κ2) is 6.20. The van der Waals surface area contributed by atoms with Crippen molar-refractivity contribution in [1.29, 1.82) is 0 Å². The first kappa shape index (κ1) is 14.1. The maximum Gasteiger partial charge on any atom is 0.373 e. The van der Waals surface area contributed by atoms with Crippen LogP contribution in [0.4, 0.5) is 0 Å². The summed E-state index contributed by atoms with van der Waals surface area (Å²) in [6.07, 6.45) is 3.85. The van der Waals surface area contributed by atoms with Crippen molar-refractivity contribution in [2.45, 2.75) is 40.0 Å². The topological polar surface area (TPSA) is 35.5 Å². The Bertz CT molecular complexity index is 414. The number of carbonyl (C=O) groups excluding carboxylic acids is 1. The molecule has 3 heteroatoms. The van der Waals surface area contributed by atoms with Crippen molar-refractivity contribution >= 4 is 5.97 Å². The van der Waals surface area contributed by atoms with Gasteiger partial charge in [0.2, 0.25) is 0 Å². The van der Waals surface area contributed by atoms with E-state index in [4.69, 9.17) is 9.78 Å². The van der Waals surface area contributed by atoms with E-state index in [1.165, 1.54) is 6.42 Å². The Hall–Kier alpha value is -1.35. The van der Waals surface area contributed by atoms with Crippen molar-refractivity contribution in [3.63, 3.8) is 0 Å². The van der Waals surface area contributed by atoms with Crippen molar-refractivity contribution in [3.8, 4) is 0 Å².